The highest BCUT2D eigenvalue weighted by Gasteiger charge is 2.21. The number of aryl methyl sites for hydroxylation is 1. The van der Waals surface area contributed by atoms with Gasteiger partial charge in [0.05, 0.1) is 19.1 Å². The number of rotatable bonds is 6. The van der Waals surface area contributed by atoms with Crippen LogP contribution in [-0.2, 0) is 18.3 Å². The first-order valence-electron chi connectivity index (χ1n) is 9.72. The third-order valence-corrected chi connectivity index (χ3v) is 4.94. The smallest absolute Gasteiger partial charge is 0.230 e. The van der Waals surface area contributed by atoms with Gasteiger partial charge in [-0.15, -0.1) is 0 Å². The average molecular weight is 416 g/mol. The Morgan fingerprint density at radius 3 is 2.45 bits per heavy atom. The van der Waals surface area contributed by atoms with E-state index in [1.165, 1.54) is 12.1 Å². The number of hydrogen-bond donors (Lipinski definition) is 1. The second-order valence-corrected chi connectivity index (χ2v) is 6.98. The molecule has 7 heteroatoms. The number of methoxy groups -OCH3 is 1. The number of amides is 1. The number of carbonyl (C=O) groups excluding carboxylic acids is 1. The van der Waals surface area contributed by atoms with Crippen LogP contribution in [0.15, 0.2) is 73.1 Å². The predicted molar refractivity (Wildman–Crippen MR) is 117 cm³/mol. The van der Waals surface area contributed by atoms with Crippen LogP contribution in [0.5, 0.6) is 5.75 Å². The summed E-state index contributed by atoms with van der Waals surface area (Å²) in [5.41, 5.74) is 3.75. The van der Waals surface area contributed by atoms with Crippen molar-refractivity contribution in [1.29, 1.82) is 0 Å². The highest BCUT2D eigenvalue weighted by molar-refractivity contribution is 5.99. The van der Waals surface area contributed by atoms with Crippen molar-refractivity contribution >= 4 is 11.7 Å². The molecule has 31 heavy (non-hydrogen) atoms. The fourth-order valence-corrected chi connectivity index (χ4v) is 3.47. The SMILES string of the molecule is COc1ccccc1CC(=O)Nc1c(-c2ccncc2)c(-c2ccc(F)cc2)nn1C. The van der Waals surface area contributed by atoms with E-state index in [0.717, 1.165) is 22.3 Å². The number of nitrogens with one attached hydrogen (secondary N) is 1. The maximum Gasteiger partial charge on any atom is 0.230 e. The van der Waals surface area contributed by atoms with Crippen LogP contribution in [0, 0.1) is 5.82 Å². The summed E-state index contributed by atoms with van der Waals surface area (Å²) >= 11 is 0. The van der Waals surface area contributed by atoms with E-state index < -0.39 is 0 Å². The number of ether oxygens (including phenoxy) is 1. The number of benzene rings is 2. The second-order valence-electron chi connectivity index (χ2n) is 6.98. The maximum atomic E-state index is 13.5. The van der Waals surface area contributed by atoms with Crippen molar-refractivity contribution in [2.45, 2.75) is 6.42 Å². The van der Waals surface area contributed by atoms with Gasteiger partial charge in [0.25, 0.3) is 0 Å². The Morgan fingerprint density at radius 2 is 1.74 bits per heavy atom. The van der Waals surface area contributed by atoms with Crippen LogP contribution in [0.1, 0.15) is 5.56 Å². The fraction of sp³-hybridized carbons (Fsp3) is 0.125. The molecule has 156 valence electrons. The molecule has 1 amide bonds. The third kappa shape index (κ3) is 4.30. The van der Waals surface area contributed by atoms with Gasteiger partial charge in [-0.3, -0.25) is 14.5 Å². The highest BCUT2D eigenvalue weighted by atomic mass is 19.1. The van der Waals surface area contributed by atoms with Gasteiger partial charge in [-0.05, 0) is 48.0 Å². The molecule has 2 heterocycles. The summed E-state index contributed by atoms with van der Waals surface area (Å²) in [5, 5.41) is 7.61. The van der Waals surface area contributed by atoms with Crippen molar-refractivity contribution in [2.75, 3.05) is 12.4 Å². The maximum absolute atomic E-state index is 13.5. The van der Waals surface area contributed by atoms with Crippen LogP contribution < -0.4 is 10.1 Å². The number of carbonyl (C=O) groups is 1. The zero-order chi connectivity index (χ0) is 21.8. The van der Waals surface area contributed by atoms with Gasteiger partial charge in [0.2, 0.25) is 5.91 Å². The molecule has 0 radical (unpaired) electrons. The Balaban J connectivity index is 1.73. The molecule has 0 aliphatic heterocycles. The number of anilines is 1. The molecule has 0 spiro atoms. The van der Waals surface area contributed by atoms with Crippen LogP contribution in [0.25, 0.3) is 22.4 Å². The van der Waals surface area contributed by atoms with Crippen molar-refractivity contribution in [1.82, 2.24) is 14.8 Å². The van der Waals surface area contributed by atoms with Gasteiger partial charge in [-0.1, -0.05) is 18.2 Å². The number of hydrogen-bond acceptors (Lipinski definition) is 4. The number of nitrogens with zero attached hydrogens (tertiary/aromatic N) is 3. The Kier molecular flexibility index (Phi) is 5.75. The zero-order valence-electron chi connectivity index (χ0n) is 17.2. The first-order chi connectivity index (χ1) is 15.1. The lowest BCUT2D eigenvalue weighted by molar-refractivity contribution is -0.115. The van der Waals surface area contributed by atoms with E-state index >= 15 is 0 Å². The standard InChI is InChI=1S/C24H21FN4O2/c1-29-24(27-21(30)15-18-5-3-4-6-20(18)31-2)22(16-11-13-26-14-12-16)23(28-29)17-7-9-19(25)10-8-17/h3-14H,15H2,1-2H3,(H,27,30). The zero-order valence-corrected chi connectivity index (χ0v) is 17.2. The normalized spacial score (nSPS) is 10.7. The van der Waals surface area contributed by atoms with E-state index in [2.05, 4.69) is 15.4 Å². The molecule has 0 atom stereocenters. The van der Waals surface area contributed by atoms with Crippen molar-refractivity contribution in [3.63, 3.8) is 0 Å². The first-order valence-corrected chi connectivity index (χ1v) is 9.72. The summed E-state index contributed by atoms with van der Waals surface area (Å²) in [6.07, 6.45) is 3.51. The number of aromatic nitrogens is 3. The van der Waals surface area contributed by atoms with Crippen molar-refractivity contribution < 1.29 is 13.9 Å². The molecule has 0 bridgehead atoms. The third-order valence-electron chi connectivity index (χ3n) is 4.94. The number of para-hydroxylation sites is 1. The van der Waals surface area contributed by atoms with Crippen molar-refractivity contribution in [3.05, 3.63) is 84.4 Å². The molecule has 2 aromatic carbocycles. The van der Waals surface area contributed by atoms with Gasteiger partial charge in [-0.25, -0.2) is 4.39 Å². The van der Waals surface area contributed by atoms with Crippen molar-refractivity contribution in [2.24, 2.45) is 7.05 Å². The number of pyridine rings is 1. The minimum atomic E-state index is -0.324. The Bertz CT molecular complexity index is 1200. The second kappa shape index (κ2) is 8.79. The molecule has 0 aliphatic rings. The predicted octanol–water partition coefficient (Wildman–Crippen LogP) is 4.48. The minimum Gasteiger partial charge on any atom is -0.496 e. The minimum absolute atomic E-state index is 0.150. The Morgan fingerprint density at radius 1 is 1.03 bits per heavy atom. The molecule has 0 fully saturated rings. The van der Waals surface area contributed by atoms with E-state index in [0.29, 0.717) is 17.3 Å². The van der Waals surface area contributed by atoms with Crippen LogP contribution in [0.3, 0.4) is 0 Å². The van der Waals surface area contributed by atoms with E-state index in [1.807, 2.05) is 36.4 Å². The summed E-state index contributed by atoms with van der Waals surface area (Å²) in [6, 6.07) is 17.2. The van der Waals surface area contributed by atoms with E-state index in [9.17, 15) is 9.18 Å². The molecular formula is C24H21FN4O2. The number of halogens is 1. The topological polar surface area (TPSA) is 69.0 Å². The molecule has 6 nitrogen and oxygen atoms in total. The molecule has 4 rings (SSSR count). The van der Waals surface area contributed by atoms with Gasteiger partial charge in [0.1, 0.15) is 23.1 Å². The lowest BCUT2D eigenvalue weighted by Crippen LogP contribution is -2.17. The summed E-state index contributed by atoms with van der Waals surface area (Å²) in [5.74, 6) is 0.679. The summed E-state index contributed by atoms with van der Waals surface area (Å²) in [4.78, 5) is 17.0. The molecule has 4 aromatic rings. The summed E-state index contributed by atoms with van der Waals surface area (Å²) in [7, 11) is 3.34. The van der Waals surface area contributed by atoms with E-state index in [1.54, 1.807) is 43.4 Å². The highest BCUT2D eigenvalue weighted by Crippen LogP contribution is 2.37. The monoisotopic (exact) mass is 416 g/mol. The Labute approximate surface area is 179 Å². The Hall–Kier alpha value is -4.00. The van der Waals surface area contributed by atoms with Gasteiger partial charge < -0.3 is 10.1 Å². The average Bonchev–Trinajstić information content (AvgIpc) is 3.11. The molecule has 0 saturated carbocycles. The first kappa shape index (κ1) is 20.3. The largest absolute Gasteiger partial charge is 0.496 e. The summed E-state index contributed by atoms with van der Waals surface area (Å²) < 4.78 is 20.4. The molecule has 0 saturated heterocycles. The van der Waals surface area contributed by atoms with Gasteiger partial charge in [-0.2, -0.15) is 5.10 Å². The molecule has 0 aliphatic carbocycles. The lowest BCUT2D eigenvalue weighted by Gasteiger charge is -2.11. The van der Waals surface area contributed by atoms with Gasteiger partial charge in [0.15, 0.2) is 0 Å². The van der Waals surface area contributed by atoms with Gasteiger partial charge in [0, 0.05) is 30.6 Å². The quantitative estimate of drug-likeness (QED) is 0.503. The van der Waals surface area contributed by atoms with E-state index in [4.69, 9.17) is 4.74 Å². The van der Waals surface area contributed by atoms with Crippen molar-refractivity contribution in [3.8, 4) is 28.1 Å². The fourth-order valence-electron chi connectivity index (χ4n) is 3.47. The van der Waals surface area contributed by atoms with Crippen LogP contribution in [0.4, 0.5) is 10.2 Å². The van der Waals surface area contributed by atoms with Crippen LogP contribution >= 0.6 is 0 Å². The lowest BCUT2D eigenvalue weighted by atomic mass is 10.0. The van der Waals surface area contributed by atoms with Gasteiger partial charge >= 0.3 is 0 Å². The van der Waals surface area contributed by atoms with Crippen LogP contribution in [0.2, 0.25) is 0 Å². The molecular weight excluding hydrogens is 395 g/mol. The van der Waals surface area contributed by atoms with Crippen LogP contribution in [-0.4, -0.2) is 27.8 Å². The molecule has 0 unspecified atom stereocenters. The molecule has 1 N–H and O–H groups in total. The molecule has 2 aromatic heterocycles. The van der Waals surface area contributed by atoms with E-state index in [-0.39, 0.29) is 18.1 Å². The summed E-state index contributed by atoms with van der Waals surface area (Å²) in [6.45, 7) is 0.